The van der Waals surface area contributed by atoms with E-state index in [2.05, 4.69) is 26.2 Å². The van der Waals surface area contributed by atoms with Crippen molar-refractivity contribution < 1.29 is 4.79 Å². The van der Waals surface area contributed by atoms with Crippen molar-refractivity contribution in [2.75, 3.05) is 13.1 Å². The number of carbonyl (C=O) groups excluding carboxylic acids is 1. The van der Waals surface area contributed by atoms with Crippen molar-refractivity contribution >= 4 is 27.7 Å². The van der Waals surface area contributed by atoms with Crippen molar-refractivity contribution in [1.82, 2.24) is 14.7 Å². The second kappa shape index (κ2) is 4.82. The minimum atomic E-state index is 0.432. The van der Waals surface area contributed by atoms with Gasteiger partial charge < -0.3 is 9.72 Å². The van der Waals surface area contributed by atoms with Gasteiger partial charge in [-0.25, -0.2) is 4.98 Å². The third-order valence-corrected chi connectivity index (χ3v) is 4.13. The summed E-state index contributed by atoms with van der Waals surface area (Å²) in [6.45, 7) is 2.04. The lowest BCUT2D eigenvalue weighted by molar-refractivity contribution is 0.112. The van der Waals surface area contributed by atoms with Gasteiger partial charge in [0.15, 0.2) is 6.29 Å². The molecule has 0 saturated carbocycles. The maximum Gasteiger partial charge on any atom is 0.170 e. The SMILES string of the molecule is O=Cc1nc(C2CCNCC2)n2cccc(Br)c12. The van der Waals surface area contributed by atoms with Gasteiger partial charge in [0.2, 0.25) is 0 Å². The highest BCUT2D eigenvalue weighted by atomic mass is 79.9. The molecule has 2 aromatic heterocycles. The monoisotopic (exact) mass is 307 g/mol. The maximum absolute atomic E-state index is 11.2. The summed E-state index contributed by atoms with van der Waals surface area (Å²) in [5, 5.41) is 3.35. The molecule has 1 saturated heterocycles. The number of aromatic nitrogens is 2. The lowest BCUT2D eigenvalue weighted by Crippen LogP contribution is -2.27. The molecule has 0 aromatic carbocycles. The Kier molecular flexibility index (Phi) is 3.18. The maximum atomic E-state index is 11.2. The summed E-state index contributed by atoms with van der Waals surface area (Å²) in [6, 6.07) is 3.91. The largest absolute Gasteiger partial charge is 0.317 e. The lowest BCUT2D eigenvalue weighted by Gasteiger charge is -2.21. The molecule has 0 amide bonds. The molecule has 1 aliphatic rings. The first-order chi connectivity index (χ1) is 8.81. The smallest absolute Gasteiger partial charge is 0.170 e. The van der Waals surface area contributed by atoms with Crippen molar-refractivity contribution in [3.63, 3.8) is 0 Å². The van der Waals surface area contributed by atoms with Crippen LogP contribution in [0.4, 0.5) is 0 Å². The van der Waals surface area contributed by atoms with Crippen LogP contribution in [0.1, 0.15) is 35.1 Å². The van der Waals surface area contributed by atoms with Crippen LogP contribution in [-0.2, 0) is 0 Å². The van der Waals surface area contributed by atoms with Crippen LogP contribution < -0.4 is 5.32 Å². The van der Waals surface area contributed by atoms with E-state index in [-0.39, 0.29) is 0 Å². The number of fused-ring (bicyclic) bond motifs is 1. The van der Waals surface area contributed by atoms with Crippen LogP contribution in [0, 0.1) is 0 Å². The van der Waals surface area contributed by atoms with Crippen molar-refractivity contribution in [2.24, 2.45) is 0 Å². The Labute approximate surface area is 114 Å². The third-order valence-electron chi connectivity index (χ3n) is 3.49. The molecule has 0 atom stereocenters. The molecule has 0 spiro atoms. The fraction of sp³-hybridized carbons (Fsp3) is 0.385. The molecule has 18 heavy (non-hydrogen) atoms. The zero-order chi connectivity index (χ0) is 12.5. The summed E-state index contributed by atoms with van der Waals surface area (Å²) in [7, 11) is 0. The molecule has 0 aliphatic carbocycles. The van der Waals surface area contributed by atoms with Crippen molar-refractivity contribution in [3.05, 3.63) is 34.3 Å². The van der Waals surface area contributed by atoms with Crippen molar-refractivity contribution in [2.45, 2.75) is 18.8 Å². The minimum absolute atomic E-state index is 0.432. The molecule has 3 rings (SSSR count). The normalized spacial score (nSPS) is 17.2. The zero-order valence-electron chi connectivity index (χ0n) is 9.90. The van der Waals surface area contributed by atoms with Gasteiger partial charge in [0.1, 0.15) is 11.5 Å². The Balaban J connectivity index is 2.17. The first-order valence-electron chi connectivity index (χ1n) is 6.13. The first-order valence-corrected chi connectivity index (χ1v) is 6.93. The Hall–Kier alpha value is -1.20. The molecule has 94 valence electrons. The molecule has 1 N–H and O–H groups in total. The van der Waals surface area contributed by atoms with Crippen LogP contribution in [0.25, 0.3) is 5.52 Å². The van der Waals surface area contributed by atoms with E-state index in [9.17, 15) is 4.79 Å². The Morgan fingerprint density at radius 3 is 2.94 bits per heavy atom. The number of piperidine rings is 1. The average Bonchev–Trinajstić information content (AvgIpc) is 2.80. The average molecular weight is 308 g/mol. The van der Waals surface area contributed by atoms with E-state index in [0.717, 1.165) is 48.0 Å². The molecular formula is C13H14BrN3O. The number of halogens is 1. The summed E-state index contributed by atoms with van der Waals surface area (Å²) in [5.74, 6) is 1.44. The molecule has 5 heteroatoms. The molecule has 1 aliphatic heterocycles. The van der Waals surface area contributed by atoms with Gasteiger partial charge >= 0.3 is 0 Å². The van der Waals surface area contributed by atoms with E-state index in [1.807, 2.05) is 22.7 Å². The number of nitrogens with zero attached hydrogens (tertiary/aromatic N) is 2. The molecule has 4 nitrogen and oxygen atoms in total. The van der Waals surface area contributed by atoms with Crippen molar-refractivity contribution in [3.8, 4) is 0 Å². The molecule has 0 radical (unpaired) electrons. The molecule has 0 bridgehead atoms. The summed E-state index contributed by atoms with van der Waals surface area (Å²) >= 11 is 3.49. The fourth-order valence-corrected chi connectivity index (χ4v) is 3.15. The quantitative estimate of drug-likeness (QED) is 0.867. The lowest BCUT2D eigenvalue weighted by atomic mass is 9.97. The van der Waals surface area contributed by atoms with Crippen LogP contribution in [-0.4, -0.2) is 28.8 Å². The number of pyridine rings is 1. The van der Waals surface area contributed by atoms with E-state index in [4.69, 9.17) is 0 Å². The summed E-state index contributed by atoms with van der Waals surface area (Å²) in [6.07, 6.45) is 4.97. The van der Waals surface area contributed by atoms with Crippen LogP contribution >= 0.6 is 15.9 Å². The second-order valence-electron chi connectivity index (χ2n) is 4.57. The molecule has 0 unspecified atom stereocenters. The van der Waals surface area contributed by atoms with Gasteiger partial charge in [-0.2, -0.15) is 0 Å². The van der Waals surface area contributed by atoms with E-state index in [1.165, 1.54) is 0 Å². The highest BCUT2D eigenvalue weighted by molar-refractivity contribution is 9.10. The number of carbonyl (C=O) groups is 1. The number of rotatable bonds is 2. The fourth-order valence-electron chi connectivity index (χ4n) is 2.60. The van der Waals surface area contributed by atoms with Gasteiger partial charge in [-0.15, -0.1) is 0 Å². The Morgan fingerprint density at radius 1 is 1.44 bits per heavy atom. The highest BCUT2D eigenvalue weighted by Gasteiger charge is 2.22. The Morgan fingerprint density at radius 2 is 2.22 bits per heavy atom. The molecular weight excluding hydrogens is 294 g/mol. The predicted octanol–water partition coefficient (Wildman–Crippen LogP) is 2.38. The number of hydrogen-bond acceptors (Lipinski definition) is 3. The highest BCUT2D eigenvalue weighted by Crippen LogP contribution is 2.29. The number of aldehydes is 1. The standard InChI is InChI=1S/C13H14BrN3O/c14-10-2-1-7-17-12(10)11(8-18)16-13(17)9-3-5-15-6-4-9/h1-2,7-9,15H,3-6H2. The van der Waals surface area contributed by atoms with E-state index < -0.39 is 0 Å². The number of hydrogen-bond donors (Lipinski definition) is 1. The van der Waals surface area contributed by atoms with Crippen LogP contribution in [0.15, 0.2) is 22.8 Å². The van der Waals surface area contributed by atoms with Crippen LogP contribution in [0.3, 0.4) is 0 Å². The van der Waals surface area contributed by atoms with Gasteiger partial charge in [0.25, 0.3) is 0 Å². The Bertz CT molecular complexity index is 587. The van der Waals surface area contributed by atoms with Crippen LogP contribution in [0.5, 0.6) is 0 Å². The number of imidazole rings is 1. The zero-order valence-corrected chi connectivity index (χ0v) is 11.5. The molecule has 1 fully saturated rings. The van der Waals surface area contributed by atoms with E-state index in [1.54, 1.807) is 0 Å². The molecule has 2 aromatic rings. The van der Waals surface area contributed by atoms with E-state index in [0.29, 0.717) is 11.6 Å². The van der Waals surface area contributed by atoms with Gasteiger partial charge in [-0.05, 0) is 54.0 Å². The summed E-state index contributed by atoms with van der Waals surface area (Å²) in [5.41, 5.74) is 1.40. The van der Waals surface area contributed by atoms with Gasteiger partial charge in [-0.1, -0.05) is 0 Å². The van der Waals surface area contributed by atoms with Gasteiger partial charge in [0.05, 0.1) is 5.52 Å². The third kappa shape index (κ3) is 1.87. The topological polar surface area (TPSA) is 46.4 Å². The summed E-state index contributed by atoms with van der Waals surface area (Å²) in [4.78, 5) is 15.7. The van der Waals surface area contributed by atoms with Gasteiger partial charge in [-0.3, -0.25) is 4.79 Å². The van der Waals surface area contributed by atoms with E-state index >= 15 is 0 Å². The predicted molar refractivity (Wildman–Crippen MR) is 73.1 cm³/mol. The number of nitrogens with one attached hydrogen (secondary N) is 1. The van der Waals surface area contributed by atoms with Crippen LogP contribution in [0.2, 0.25) is 0 Å². The first kappa shape index (κ1) is 11.9. The molecule has 3 heterocycles. The van der Waals surface area contributed by atoms with Crippen molar-refractivity contribution in [1.29, 1.82) is 0 Å². The minimum Gasteiger partial charge on any atom is -0.317 e. The summed E-state index contributed by atoms with van der Waals surface area (Å²) < 4.78 is 2.96. The van der Waals surface area contributed by atoms with Gasteiger partial charge in [0, 0.05) is 16.6 Å². The second-order valence-corrected chi connectivity index (χ2v) is 5.43.